The summed E-state index contributed by atoms with van der Waals surface area (Å²) in [7, 11) is 1.46. The summed E-state index contributed by atoms with van der Waals surface area (Å²) in [5.74, 6) is -0.0916. The topological polar surface area (TPSA) is 39.1 Å². The first-order valence-corrected chi connectivity index (χ1v) is 6.97. The van der Waals surface area contributed by atoms with Gasteiger partial charge in [0, 0.05) is 18.3 Å². The smallest absolute Gasteiger partial charge is 0.165 e. The molecule has 1 heterocycles. The third-order valence-electron chi connectivity index (χ3n) is 3.06. The van der Waals surface area contributed by atoms with Gasteiger partial charge in [0.05, 0.1) is 19.3 Å². The van der Waals surface area contributed by atoms with Gasteiger partial charge in [0.2, 0.25) is 0 Å². The molecule has 2 aromatic rings. The zero-order valence-corrected chi connectivity index (χ0v) is 13.0. The summed E-state index contributed by atoms with van der Waals surface area (Å²) in [4.78, 5) is 0. The zero-order valence-electron chi connectivity index (χ0n) is 13.0. The Hall–Kier alpha value is -1.88. The molecule has 5 heteroatoms. The lowest BCUT2D eigenvalue weighted by Crippen LogP contribution is -2.35. The normalized spacial score (nSPS) is 11.7. The van der Waals surface area contributed by atoms with Gasteiger partial charge in [0.25, 0.3) is 0 Å². The van der Waals surface area contributed by atoms with Gasteiger partial charge in [-0.2, -0.15) is 5.10 Å². The molecule has 21 heavy (non-hydrogen) atoms. The Labute approximate surface area is 124 Å². The van der Waals surface area contributed by atoms with Gasteiger partial charge >= 0.3 is 0 Å². The van der Waals surface area contributed by atoms with E-state index in [4.69, 9.17) is 4.74 Å². The first-order valence-electron chi connectivity index (χ1n) is 6.97. The lowest BCUT2D eigenvalue weighted by Gasteiger charge is -2.19. The van der Waals surface area contributed by atoms with Gasteiger partial charge < -0.3 is 10.1 Å². The molecule has 0 spiro atoms. The van der Waals surface area contributed by atoms with E-state index in [0.29, 0.717) is 13.1 Å². The molecule has 1 aromatic carbocycles. The Morgan fingerprint density at radius 3 is 2.67 bits per heavy atom. The molecule has 0 aliphatic heterocycles. The number of methoxy groups -OCH3 is 1. The van der Waals surface area contributed by atoms with Crippen LogP contribution in [-0.4, -0.2) is 22.4 Å². The quantitative estimate of drug-likeness (QED) is 0.920. The van der Waals surface area contributed by atoms with Crippen molar-refractivity contribution in [3.8, 4) is 5.75 Å². The fourth-order valence-electron chi connectivity index (χ4n) is 1.94. The molecule has 1 aromatic heterocycles. The number of ether oxygens (including phenoxy) is 1. The molecule has 114 valence electrons. The molecule has 0 saturated heterocycles. The van der Waals surface area contributed by atoms with Crippen molar-refractivity contribution in [3.05, 3.63) is 47.5 Å². The Morgan fingerprint density at radius 1 is 1.29 bits per heavy atom. The van der Waals surface area contributed by atoms with Crippen molar-refractivity contribution < 1.29 is 9.13 Å². The van der Waals surface area contributed by atoms with E-state index in [1.807, 2.05) is 18.3 Å². The van der Waals surface area contributed by atoms with Crippen LogP contribution in [0.5, 0.6) is 5.75 Å². The van der Waals surface area contributed by atoms with E-state index in [0.717, 1.165) is 11.3 Å². The number of benzene rings is 1. The van der Waals surface area contributed by atoms with E-state index in [-0.39, 0.29) is 17.1 Å². The second kappa shape index (κ2) is 6.26. The summed E-state index contributed by atoms with van der Waals surface area (Å²) in [6.07, 6.45) is 1.90. The fraction of sp³-hybridized carbons (Fsp3) is 0.438. The average Bonchev–Trinajstić information content (AvgIpc) is 2.83. The highest BCUT2D eigenvalue weighted by molar-refractivity contribution is 5.29. The number of halogens is 1. The lowest BCUT2D eigenvalue weighted by molar-refractivity contribution is 0.386. The van der Waals surface area contributed by atoms with Crippen molar-refractivity contribution in [3.63, 3.8) is 0 Å². The summed E-state index contributed by atoms with van der Waals surface area (Å²) in [6, 6.07) is 6.93. The SMILES string of the molecule is COc1ccc(Cn2ccc(CNC(C)(C)C)n2)cc1F. The molecule has 4 nitrogen and oxygen atoms in total. The molecule has 0 unspecified atom stereocenters. The van der Waals surface area contributed by atoms with Crippen molar-refractivity contribution in [1.82, 2.24) is 15.1 Å². The standard InChI is InChI=1S/C16H22FN3O/c1-16(2,3)18-10-13-7-8-20(19-13)11-12-5-6-15(21-4)14(17)9-12/h5-9,18H,10-11H2,1-4H3. The summed E-state index contributed by atoms with van der Waals surface area (Å²) < 4.78 is 20.4. The van der Waals surface area contributed by atoms with Crippen LogP contribution >= 0.6 is 0 Å². The molecule has 0 bridgehead atoms. The molecule has 2 rings (SSSR count). The van der Waals surface area contributed by atoms with E-state index >= 15 is 0 Å². The van der Waals surface area contributed by atoms with Gasteiger partial charge in [-0.05, 0) is 44.5 Å². The molecular weight excluding hydrogens is 269 g/mol. The van der Waals surface area contributed by atoms with E-state index in [1.54, 1.807) is 10.7 Å². The largest absolute Gasteiger partial charge is 0.494 e. The maximum atomic E-state index is 13.6. The van der Waals surface area contributed by atoms with Gasteiger partial charge in [-0.3, -0.25) is 4.68 Å². The van der Waals surface area contributed by atoms with Crippen LogP contribution < -0.4 is 10.1 Å². The van der Waals surface area contributed by atoms with Gasteiger partial charge in [0.1, 0.15) is 0 Å². The minimum atomic E-state index is -0.350. The van der Waals surface area contributed by atoms with Crippen molar-refractivity contribution in [2.24, 2.45) is 0 Å². The van der Waals surface area contributed by atoms with Crippen LogP contribution in [0.1, 0.15) is 32.0 Å². The molecule has 0 aliphatic rings. The maximum absolute atomic E-state index is 13.6. The summed E-state index contributed by atoms with van der Waals surface area (Å²) in [5.41, 5.74) is 1.88. The molecule has 0 atom stereocenters. The third-order valence-corrected chi connectivity index (χ3v) is 3.06. The predicted octanol–water partition coefficient (Wildman–Crippen LogP) is 2.97. The highest BCUT2D eigenvalue weighted by atomic mass is 19.1. The monoisotopic (exact) mass is 291 g/mol. The minimum absolute atomic E-state index is 0.0584. The van der Waals surface area contributed by atoms with Crippen LogP contribution in [0.4, 0.5) is 4.39 Å². The van der Waals surface area contributed by atoms with Crippen LogP contribution in [0.25, 0.3) is 0 Å². The fourth-order valence-corrected chi connectivity index (χ4v) is 1.94. The molecule has 0 amide bonds. The molecule has 0 aliphatic carbocycles. The third kappa shape index (κ3) is 4.56. The highest BCUT2D eigenvalue weighted by Crippen LogP contribution is 2.18. The molecule has 1 N–H and O–H groups in total. The first kappa shape index (κ1) is 15.5. The van der Waals surface area contributed by atoms with Crippen LogP contribution in [0, 0.1) is 5.82 Å². The van der Waals surface area contributed by atoms with E-state index < -0.39 is 0 Å². The van der Waals surface area contributed by atoms with Crippen molar-refractivity contribution in [2.45, 2.75) is 39.4 Å². The predicted molar refractivity (Wildman–Crippen MR) is 80.9 cm³/mol. The summed E-state index contributed by atoms with van der Waals surface area (Å²) in [6.45, 7) is 7.60. The van der Waals surface area contributed by atoms with Crippen molar-refractivity contribution in [1.29, 1.82) is 0 Å². The van der Waals surface area contributed by atoms with Gasteiger partial charge in [0.15, 0.2) is 11.6 Å². The molecule has 0 radical (unpaired) electrons. The van der Waals surface area contributed by atoms with Gasteiger partial charge in [-0.25, -0.2) is 4.39 Å². The molecule has 0 saturated carbocycles. The maximum Gasteiger partial charge on any atom is 0.165 e. The van der Waals surface area contributed by atoms with E-state index in [2.05, 4.69) is 31.2 Å². The molecule has 0 fully saturated rings. The minimum Gasteiger partial charge on any atom is -0.494 e. The lowest BCUT2D eigenvalue weighted by atomic mass is 10.1. The number of hydrogen-bond acceptors (Lipinski definition) is 3. The Kier molecular flexibility index (Phi) is 4.63. The van der Waals surface area contributed by atoms with Crippen molar-refractivity contribution in [2.75, 3.05) is 7.11 Å². The molecular formula is C16H22FN3O. The number of rotatable bonds is 5. The van der Waals surface area contributed by atoms with Gasteiger partial charge in [-0.1, -0.05) is 6.07 Å². The van der Waals surface area contributed by atoms with Crippen molar-refractivity contribution >= 4 is 0 Å². The van der Waals surface area contributed by atoms with Gasteiger partial charge in [-0.15, -0.1) is 0 Å². The van der Waals surface area contributed by atoms with E-state index in [1.165, 1.54) is 13.2 Å². The Bertz CT molecular complexity index is 602. The Balaban J connectivity index is 2.00. The number of nitrogens with zero attached hydrogens (tertiary/aromatic N) is 2. The second-order valence-corrected chi connectivity index (χ2v) is 6.08. The van der Waals surface area contributed by atoms with Crippen LogP contribution in [-0.2, 0) is 13.1 Å². The van der Waals surface area contributed by atoms with Crippen LogP contribution in [0.3, 0.4) is 0 Å². The highest BCUT2D eigenvalue weighted by Gasteiger charge is 2.10. The first-order chi connectivity index (χ1) is 9.87. The summed E-state index contributed by atoms with van der Waals surface area (Å²) >= 11 is 0. The van der Waals surface area contributed by atoms with Crippen LogP contribution in [0.15, 0.2) is 30.5 Å². The summed E-state index contributed by atoms with van der Waals surface area (Å²) in [5, 5.41) is 7.87. The average molecular weight is 291 g/mol. The Morgan fingerprint density at radius 2 is 2.05 bits per heavy atom. The number of aromatic nitrogens is 2. The number of hydrogen-bond donors (Lipinski definition) is 1. The van der Waals surface area contributed by atoms with E-state index in [9.17, 15) is 4.39 Å². The van der Waals surface area contributed by atoms with Crippen LogP contribution in [0.2, 0.25) is 0 Å². The second-order valence-electron chi connectivity index (χ2n) is 6.08. The zero-order chi connectivity index (χ0) is 15.5. The number of nitrogens with one attached hydrogen (secondary N) is 1.